The van der Waals surface area contributed by atoms with E-state index in [0.29, 0.717) is 10.6 Å². The Morgan fingerprint density at radius 3 is 2.57 bits per heavy atom. The van der Waals surface area contributed by atoms with Crippen LogP contribution >= 0.6 is 22.9 Å². The molecule has 3 nitrogen and oxygen atoms in total. The summed E-state index contributed by atoms with van der Waals surface area (Å²) in [4.78, 5) is 16.3. The fraction of sp³-hybridized carbons (Fsp3) is 0.312. The van der Waals surface area contributed by atoms with Crippen LogP contribution in [0.3, 0.4) is 0 Å². The normalized spacial score (nSPS) is 12.0. The summed E-state index contributed by atoms with van der Waals surface area (Å²) in [7, 11) is 3.49. The lowest BCUT2D eigenvalue weighted by Crippen LogP contribution is -2.23. The van der Waals surface area contributed by atoms with Crippen LogP contribution in [0.4, 0.5) is 5.69 Å². The molecule has 0 aliphatic heterocycles. The van der Waals surface area contributed by atoms with Crippen LogP contribution in [0.25, 0.3) is 0 Å². The number of thiophene rings is 1. The summed E-state index contributed by atoms with van der Waals surface area (Å²) >= 11 is 7.82. The van der Waals surface area contributed by atoms with Gasteiger partial charge in [0.2, 0.25) is 0 Å². The molecule has 1 unspecified atom stereocenters. The first-order valence-corrected chi connectivity index (χ1v) is 7.92. The van der Waals surface area contributed by atoms with E-state index in [4.69, 9.17) is 11.6 Å². The maximum Gasteiger partial charge on any atom is 0.255 e. The zero-order valence-corrected chi connectivity index (χ0v) is 14.2. The van der Waals surface area contributed by atoms with Gasteiger partial charge in [-0.05, 0) is 44.2 Å². The number of amides is 1. The Morgan fingerprint density at radius 1 is 1.29 bits per heavy atom. The standard InChI is InChI=1S/C16H19ClN2OS/c1-10-5-8-15(21-10)11(2)18-14-9-12(17)6-7-13(14)16(20)19(3)4/h5-9,11,18H,1-4H3. The molecule has 1 aromatic carbocycles. The van der Waals surface area contributed by atoms with E-state index in [1.165, 1.54) is 9.75 Å². The van der Waals surface area contributed by atoms with Gasteiger partial charge in [0.25, 0.3) is 5.91 Å². The Morgan fingerprint density at radius 2 is 2.00 bits per heavy atom. The number of benzene rings is 1. The number of hydrogen-bond acceptors (Lipinski definition) is 3. The molecule has 0 bridgehead atoms. The van der Waals surface area contributed by atoms with Crippen LogP contribution in [0.5, 0.6) is 0 Å². The van der Waals surface area contributed by atoms with Crippen LogP contribution in [0, 0.1) is 6.92 Å². The van der Waals surface area contributed by atoms with Crippen LogP contribution in [-0.2, 0) is 0 Å². The second-order valence-electron chi connectivity index (χ2n) is 5.20. The van der Waals surface area contributed by atoms with Gasteiger partial charge in [0.1, 0.15) is 0 Å². The molecule has 2 rings (SSSR count). The fourth-order valence-corrected chi connectivity index (χ4v) is 3.11. The Kier molecular flexibility index (Phi) is 4.91. The van der Waals surface area contributed by atoms with Gasteiger partial charge in [-0.15, -0.1) is 11.3 Å². The fourth-order valence-electron chi connectivity index (χ4n) is 2.05. The Bertz CT molecular complexity index is 651. The van der Waals surface area contributed by atoms with E-state index < -0.39 is 0 Å². The first kappa shape index (κ1) is 15.9. The molecule has 0 fully saturated rings. The average molecular weight is 323 g/mol. The monoisotopic (exact) mass is 322 g/mol. The number of anilines is 1. The van der Waals surface area contributed by atoms with E-state index in [2.05, 4.69) is 31.3 Å². The predicted molar refractivity (Wildman–Crippen MR) is 90.6 cm³/mol. The number of halogens is 1. The molecule has 0 aliphatic rings. The number of carbonyl (C=O) groups is 1. The average Bonchev–Trinajstić information content (AvgIpc) is 2.85. The number of aryl methyl sites for hydroxylation is 1. The Labute approximate surface area is 134 Å². The van der Waals surface area contributed by atoms with Crippen molar-refractivity contribution in [3.63, 3.8) is 0 Å². The van der Waals surface area contributed by atoms with Gasteiger partial charge >= 0.3 is 0 Å². The minimum absolute atomic E-state index is 0.0382. The largest absolute Gasteiger partial charge is 0.377 e. The van der Waals surface area contributed by atoms with Gasteiger partial charge in [0.05, 0.1) is 11.6 Å². The lowest BCUT2D eigenvalue weighted by Gasteiger charge is -2.19. The minimum Gasteiger partial charge on any atom is -0.377 e. The van der Waals surface area contributed by atoms with Crippen molar-refractivity contribution in [2.24, 2.45) is 0 Å². The summed E-state index contributed by atoms with van der Waals surface area (Å²) in [6.07, 6.45) is 0. The number of hydrogen-bond donors (Lipinski definition) is 1. The highest BCUT2D eigenvalue weighted by Gasteiger charge is 2.16. The molecule has 0 radical (unpaired) electrons. The first-order valence-electron chi connectivity index (χ1n) is 6.72. The van der Waals surface area contributed by atoms with E-state index in [1.54, 1.807) is 48.5 Å². The molecule has 0 saturated heterocycles. The van der Waals surface area contributed by atoms with Gasteiger partial charge < -0.3 is 10.2 Å². The molecule has 1 aromatic heterocycles. The topological polar surface area (TPSA) is 32.3 Å². The molecule has 5 heteroatoms. The molecule has 112 valence electrons. The maximum atomic E-state index is 12.2. The summed E-state index contributed by atoms with van der Waals surface area (Å²) in [6.45, 7) is 4.16. The molecule has 1 amide bonds. The summed E-state index contributed by atoms with van der Waals surface area (Å²) in [5.74, 6) is -0.0382. The zero-order chi connectivity index (χ0) is 15.6. The lowest BCUT2D eigenvalue weighted by atomic mass is 10.1. The molecular weight excluding hydrogens is 304 g/mol. The van der Waals surface area contributed by atoms with Crippen molar-refractivity contribution in [2.45, 2.75) is 19.9 Å². The van der Waals surface area contributed by atoms with Crippen molar-refractivity contribution in [3.05, 3.63) is 50.7 Å². The Balaban J connectivity index is 2.30. The van der Waals surface area contributed by atoms with E-state index >= 15 is 0 Å². The predicted octanol–water partition coefficient (Wildman–Crippen LogP) is 4.58. The van der Waals surface area contributed by atoms with Crippen molar-refractivity contribution in [3.8, 4) is 0 Å². The summed E-state index contributed by atoms with van der Waals surface area (Å²) < 4.78 is 0. The zero-order valence-electron chi connectivity index (χ0n) is 12.6. The highest BCUT2D eigenvalue weighted by molar-refractivity contribution is 7.12. The molecule has 0 saturated carbocycles. The Hall–Kier alpha value is -1.52. The third-order valence-corrected chi connectivity index (χ3v) is 4.60. The molecule has 1 atom stereocenters. The third kappa shape index (κ3) is 3.77. The van der Waals surface area contributed by atoms with Crippen molar-refractivity contribution in [1.82, 2.24) is 4.90 Å². The van der Waals surface area contributed by atoms with Gasteiger partial charge in [-0.25, -0.2) is 0 Å². The molecule has 0 spiro atoms. The molecule has 21 heavy (non-hydrogen) atoms. The number of carbonyl (C=O) groups excluding carboxylic acids is 1. The maximum absolute atomic E-state index is 12.2. The third-order valence-electron chi connectivity index (χ3n) is 3.18. The number of rotatable bonds is 4. The van der Waals surface area contributed by atoms with Gasteiger partial charge in [0.15, 0.2) is 0 Å². The quantitative estimate of drug-likeness (QED) is 0.893. The van der Waals surface area contributed by atoms with Crippen molar-refractivity contribution in [1.29, 1.82) is 0 Å². The van der Waals surface area contributed by atoms with Crippen LogP contribution < -0.4 is 5.32 Å². The summed E-state index contributed by atoms with van der Waals surface area (Å²) in [5, 5.41) is 4.01. The molecule has 2 aromatic rings. The molecule has 1 N–H and O–H groups in total. The smallest absolute Gasteiger partial charge is 0.255 e. The van der Waals surface area contributed by atoms with Crippen molar-refractivity contribution < 1.29 is 4.79 Å². The van der Waals surface area contributed by atoms with Gasteiger partial charge in [-0.1, -0.05) is 11.6 Å². The van der Waals surface area contributed by atoms with Crippen LogP contribution in [0.2, 0.25) is 5.02 Å². The van der Waals surface area contributed by atoms with E-state index in [1.807, 2.05) is 0 Å². The highest BCUT2D eigenvalue weighted by atomic mass is 35.5. The SMILES string of the molecule is Cc1ccc(C(C)Nc2cc(Cl)ccc2C(=O)N(C)C)s1. The number of nitrogens with zero attached hydrogens (tertiary/aromatic N) is 1. The van der Waals surface area contributed by atoms with E-state index in [0.717, 1.165) is 5.69 Å². The van der Waals surface area contributed by atoms with E-state index in [-0.39, 0.29) is 11.9 Å². The van der Waals surface area contributed by atoms with Crippen LogP contribution in [-0.4, -0.2) is 24.9 Å². The summed E-state index contributed by atoms with van der Waals surface area (Å²) in [6, 6.07) is 9.63. The lowest BCUT2D eigenvalue weighted by molar-refractivity contribution is 0.0828. The number of nitrogens with one attached hydrogen (secondary N) is 1. The van der Waals surface area contributed by atoms with Crippen molar-refractivity contribution in [2.75, 3.05) is 19.4 Å². The second-order valence-corrected chi connectivity index (χ2v) is 6.96. The molecular formula is C16H19ClN2OS. The highest BCUT2D eigenvalue weighted by Crippen LogP contribution is 2.29. The molecule has 0 aliphatic carbocycles. The van der Waals surface area contributed by atoms with E-state index in [9.17, 15) is 4.79 Å². The minimum atomic E-state index is -0.0382. The molecule has 1 heterocycles. The van der Waals surface area contributed by atoms with Gasteiger partial charge in [0, 0.05) is 34.6 Å². The summed E-state index contributed by atoms with van der Waals surface area (Å²) in [5.41, 5.74) is 1.39. The van der Waals surface area contributed by atoms with Crippen LogP contribution in [0.15, 0.2) is 30.3 Å². The first-order chi connectivity index (χ1) is 9.88. The van der Waals surface area contributed by atoms with Crippen LogP contribution in [0.1, 0.15) is 33.1 Å². The van der Waals surface area contributed by atoms with Crippen molar-refractivity contribution >= 4 is 34.5 Å². The second kappa shape index (κ2) is 6.50. The van der Waals surface area contributed by atoms with Gasteiger partial charge in [-0.3, -0.25) is 4.79 Å². The van der Waals surface area contributed by atoms with Gasteiger partial charge in [-0.2, -0.15) is 0 Å².